The first-order chi connectivity index (χ1) is 11.5. The van der Waals surface area contributed by atoms with Crippen LogP contribution in [0.1, 0.15) is 37.8 Å². The van der Waals surface area contributed by atoms with Gasteiger partial charge in [0.05, 0.1) is 18.7 Å². The second kappa shape index (κ2) is 4.93. The highest BCUT2D eigenvalue weighted by molar-refractivity contribution is 5.80. The lowest BCUT2D eigenvalue weighted by Crippen LogP contribution is -2.25. The van der Waals surface area contributed by atoms with Crippen LogP contribution in [-0.2, 0) is 0 Å². The van der Waals surface area contributed by atoms with Gasteiger partial charge < -0.3 is 5.32 Å². The van der Waals surface area contributed by atoms with E-state index in [9.17, 15) is 0 Å². The molecule has 4 rings (SSSR count). The Labute approximate surface area is 138 Å². The molecule has 3 aromatic rings. The van der Waals surface area contributed by atoms with E-state index in [1.807, 2.05) is 18.2 Å². The van der Waals surface area contributed by atoms with E-state index < -0.39 is 0 Å². The molecular formula is C17H16N6O. The van der Waals surface area contributed by atoms with Gasteiger partial charge in [-0.2, -0.15) is 5.10 Å². The van der Waals surface area contributed by atoms with Crippen LogP contribution >= 0.6 is 0 Å². The average molecular weight is 320 g/mol. The zero-order chi connectivity index (χ0) is 16.9. The van der Waals surface area contributed by atoms with Crippen LogP contribution in [0, 0.1) is 12.0 Å². The number of nitrogens with zero attached hydrogens (tertiary/aromatic N) is 4. The van der Waals surface area contributed by atoms with Gasteiger partial charge in [-0.15, -0.1) is 0 Å². The molecule has 0 radical (unpaired) electrons. The van der Waals surface area contributed by atoms with Crippen LogP contribution in [0.15, 0.2) is 40.4 Å². The third-order valence-corrected chi connectivity index (χ3v) is 4.26. The second-order valence-corrected chi connectivity index (χ2v) is 6.86. The molecule has 7 nitrogen and oxygen atoms in total. The number of H-pyrrole nitrogens is 1. The lowest BCUT2D eigenvalue weighted by atomic mass is 9.80. The van der Waals surface area contributed by atoms with Crippen molar-refractivity contribution in [3.63, 3.8) is 0 Å². The fourth-order valence-electron chi connectivity index (χ4n) is 3.16. The minimum absolute atomic E-state index is 0.211. The molecule has 0 saturated heterocycles. The number of nitrogens with one attached hydrogen (secondary N) is 2. The van der Waals surface area contributed by atoms with E-state index >= 15 is 0 Å². The number of fused-ring (bicyclic) bond motifs is 2. The predicted molar refractivity (Wildman–Crippen MR) is 88.9 cm³/mol. The molecule has 0 bridgehead atoms. The second-order valence-electron chi connectivity index (χ2n) is 6.86. The van der Waals surface area contributed by atoms with Gasteiger partial charge >= 0.3 is 0 Å². The van der Waals surface area contributed by atoms with Crippen LogP contribution in [0.3, 0.4) is 0 Å². The quantitative estimate of drug-likeness (QED) is 0.668. The molecule has 0 spiro atoms. The molecular weight excluding hydrogens is 304 g/mol. The normalized spacial score (nSPS) is 17.5. The molecule has 2 aromatic heterocycles. The summed E-state index contributed by atoms with van der Waals surface area (Å²) in [6.45, 7) is 14.0. The van der Waals surface area contributed by atoms with Gasteiger partial charge in [-0.1, -0.05) is 32.9 Å². The van der Waals surface area contributed by atoms with Crippen molar-refractivity contribution < 1.29 is 4.63 Å². The van der Waals surface area contributed by atoms with Gasteiger partial charge in [0.25, 0.3) is 0 Å². The summed E-state index contributed by atoms with van der Waals surface area (Å²) >= 11 is 0. The van der Waals surface area contributed by atoms with Gasteiger partial charge in [0, 0.05) is 11.3 Å². The van der Waals surface area contributed by atoms with Gasteiger partial charge in [0.15, 0.2) is 5.70 Å². The van der Waals surface area contributed by atoms with Gasteiger partial charge in [-0.05, 0) is 27.4 Å². The summed E-state index contributed by atoms with van der Waals surface area (Å²) in [7, 11) is 0. The number of benzene rings is 1. The smallest absolute Gasteiger partial charge is 0.196 e. The highest BCUT2D eigenvalue weighted by atomic mass is 16.6. The topological polar surface area (TPSA) is 84.0 Å². The van der Waals surface area contributed by atoms with E-state index in [1.165, 1.54) is 0 Å². The Morgan fingerprint density at radius 1 is 1.21 bits per heavy atom. The van der Waals surface area contributed by atoms with E-state index in [0.29, 0.717) is 16.7 Å². The molecule has 7 heteroatoms. The van der Waals surface area contributed by atoms with Crippen LogP contribution < -0.4 is 5.32 Å². The molecule has 0 aliphatic carbocycles. The van der Waals surface area contributed by atoms with Gasteiger partial charge in [0.2, 0.25) is 0 Å². The van der Waals surface area contributed by atoms with Gasteiger partial charge in [-0.25, -0.2) is 9.47 Å². The molecule has 3 heterocycles. The molecule has 0 amide bonds. The van der Waals surface area contributed by atoms with Crippen LogP contribution in [0.4, 0.5) is 5.82 Å². The molecule has 1 aliphatic rings. The Hall–Kier alpha value is -3.14. The highest BCUT2D eigenvalue weighted by Gasteiger charge is 2.36. The summed E-state index contributed by atoms with van der Waals surface area (Å²) < 4.78 is 4.90. The fraction of sp³-hybridized carbons (Fsp3) is 0.294. The van der Waals surface area contributed by atoms with Crippen LogP contribution in [0.5, 0.6) is 0 Å². The van der Waals surface area contributed by atoms with Crippen molar-refractivity contribution in [2.45, 2.75) is 26.7 Å². The SMILES string of the molecule is [C-]#[N+]C1=C(C(C)(C)C)Nc2[nH]ncc2C1c1cccc2nonc12. The zero-order valence-corrected chi connectivity index (χ0v) is 13.6. The third-order valence-electron chi connectivity index (χ3n) is 4.26. The largest absolute Gasteiger partial charge is 0.353 e. The Bertz CT molecular complexity index is 998. The number of hydrogen-bond acceptors (Lipinski definition) is 5. The van der Waals surface area contributed by atoms with Crippen LogP contribution in [0.25, 0.3) is 15.9 Å². The standard InChI is InChI=1S/C17H16N6O/c1-17(2,3)15-14(18-4)12(10-8-19-21-16(10)20-15)9-6-5-7-11-13(9)23-24-22-11/h5-8,12H,1-3H3,(H2,19,20,21). The van der Waals surface area contributed by atoms with Crippen molar-refractivity contribution in [1.82, 2.24) is 20.5 Å². The number of allylic oxidation sites excluding steroid dienone is 2. The summed E-state index contributed by atoms with van der Waals surface area (Å²) in [5, 5.41) is 18.5. The molecule has 1 atom stereocenters. The Balaban J connectivity index is 2.03. The first-order valence-electron chi connectivity index (χ1n) is 7.64. The summed E-state index contributed by atoms with van der Waals surface area (Å²) in [5.74, 6) is 0.549. The number of hydrogen-bond donors (Lipinski definition) is 2. The van der Waals surface area contributed by atoms with Crippen LogP contribution in [-0.4, -0.2) is 20.5 Å². The first kappa shape index (κ1) is 14.5. The maximum Gasteiger partial charge on any atom is 0.196 e. The first-order valence-corrected chi connectivity index (χ1v) is 7.64. The van der Waals surface area contributed by atoms with E-state index in [0.717, 1.165) is 22.6 Å². The number of aromatic amines is 1. The minimum Gasteiger partial charge on any atom is -0.353 e. The minimum atomic E-state index is -0.262. The lowest BCUT2D eigenvalue weighted by molar-refractivity contribution is 0.315. The molecule has 1 aromatic carbocycles. The van der Waals surface area contributed by atoms with Gasteiger partial charge in [0.1, 0.15) is 16.9 Å². The molecule has 0 saturated carbocycles. The Morgan fingerprint density at radius 2 is 2.04 bits per heavy atom. The Morgan fingerprint density at radius 3 is 2.79 bits per heavy atom. The van der Waals surface area contributed by atoms with Crippen molar-refractivity contribution >= 4 is 16.9 Å². The summed E-state index contributed by atoms with van der Waals surface area (Å²) in [5.41, 5.74) is 4.48. The molecule has 2 N–H and O–H groups in total. The average Bonchev–Trinajstić information content (AvgIpc) is 3.20. The maximum absolute atomic E-state index is 7.79. The zero-order valence-electron chi connectivity index (χ0n) is 13.6. The van der Waals surface area contributed by atoms with Crippen LogP contribution in [0.2, 0.25) is 0 Å². The molecule has 120 valence electrons. The number of rotatable bonds is 1. The maximum atomic E-state index is 7.79. The van der Waals surface area contributed by atoms with E-state index in [2.05, 4.69) is 51.4 Å². The predicted octanol–water partition coefficient (Wildman–Crippen LogP) is 3.68. The van der Waals surface area contributed by atoms with Crippen molar-refractivity contribution in [2.24, 2.45) is 5.41 Å². The van der Waals surface area contributed by atoms with Crippen molar-refractivity contribution in [3.05, 3.63) is 58.3 Å². The van der Waals surface area contributed by atoms with E-state index in [1.54, 1.807) is 6.20 Å². The van der Waals surface area contributed by atoms with E-state index in [-0.39, 0.29) is 11.3 Å². The summed E-state index contributed by atoms with van der Waals surface area (Å²) in [4.78, 5) is 3.87. The van der Waals surface area contributed by atoms with Crippen molar-refractivity contribution in [2.75, 3.05) is 5.32 Å². The Kier molecular flexibility index (Phi) is 2.97. The monoisotopic (exact) mass is 320 g/mol. The number of aromatic nitrogens is 4. The van der Waals surface area contributed by atoms with E-state index in [4.69, 9.17) is 11.2 Å². The molecule has 1 aliphatic heterocycles. The molecule has 1 unspecified atom stereocenters. The van der Waals surface area contributed by atoms with Crippen molar-refractivity contribution in [1.29, 1.82) is 0 Å². The fourth-order valence-corrected chi connectivity index (χ4v) is 3.16. The highest BCUT2D eigenvalue weighted by Crippen LogP contribution is 2.46. The summed E-state index contributed by atoms with van der Waals surface area (Å²) in [6, 6.07) is 5.71. The molecule has 0 fully saturated rings. The lowest BCUT2D eigenvalue weighted by Gasteiger charge is -2.33. The summed E-state index contributed by atoms with van der Waals surface area (Å²) in [6.07, 6.45) is 1.75. The molecule has 24 heavy (non-hydrogen) atoms. The third kappa shape index (κ3) is 2.00. The number of anilines is 1. The van der Waals surface area contributed by atoms with Crippen molar-refractivity contribution in [3.8, 4) is 0 Å². The van der Waals surface area contributed by atoms with Gasteiger partial charge in [-0.3, -0.25) is 5.10 Å².